The first kappa shape index (κ1) is 28.0. The molecule has 0 heterocycles. The molecule has 190 valence electrons. The minimum Gasteiger partial charge on any atom is -0.382 e. The maximum Gasteiger partial charge on any atom is 0.272 e. The van der Waals surface area contributed by atoms with Gasteiger partial charge in [-0.3, -0.25) is 19.6 Å². The highest BCUT2D eigenvalue weighted by atomic mass is 16.5. The van der Waals surface area contributed by atoms with Gasteiger partial charge < -0.3 is 15.7 Å². The summed E-state index contributed by atoms with van der Waals surface area (Å²) in [6.45, 7) is 9.17. The van der Waals surface area contributed by atoms with E-state index in [1.165, 1.54) is 5.48 Å². The quantitative estimate of drug-likeness (QED) is 0.262. The summed E-state index contributed by atoms with van der Waals surface area (Å²) < 4.78 is 0. The molecule has 8 heteroatoms. The Balaban J connectivity index is 2.34. The summed E-state index contributed by atoms with van der Waals surface area (Å²) in [6.07, 6.45) is -1.57. The van der Waals surface area contributed by atoms with Crippen molar-refractivity contribution >= 4 is 17.7 Å². The van der Waals surface area contributed by atoms with E-state index in [-0.39, 0.29) is 12.3 Å². The van der Waals surface area contributed by atoms with Crippen LogP contribution < -0.4 is 16.1 Å². The van der Waals surface area contributed by atoms with Gasteiger partial charge in [-0.15, -0.1) is 0 Å². The lowest BCUT2D eigenvalue weighted by Crippen LogP contribution is -2.57. The molecule has 2 rings (SSSR count). The molecule has 2 aromatic carbocycles. The normalized spacial score (nSPS) is 14.2. The monoisotopic (exact) mass is 483 g/mol. The second-order valence-corrected chi connectivity index (χ2v) is 10.2. The highest BCUT2D eigenvalue weighted by molar-refractivity contribution is 5.92. The number of hydrogen-bond acceptors (Lipinski definition) is 5. The Morgan fingerprint density at radius 3 is 1.69 bits per heavy atom. The molecule has 35 heavy (non-hydrogen) atoms. The Morgan fingerprint density at radius 1 is 0.800 bits per heavy atom. The van der Waals surface area contributed by atoms with Crippen LogP contribution in [0.3, 0.4) is 0 Å². The first-order valence-electron chi connectivity index (χ1n) is 11.8. The van der Waals surface area contributed by atoms with Crippen LogP contribution in [0.25, 0.3) is 0 Å². The first-order valence-corrected chi connectivity index (χ1v) is 11.8. The van der Waals surface area contributed by atoms with Gasteiger partial charge in [0.2, 0.25) is 11.8 Å². The minimum absolute atomic E-state index is 0.0191. The van der Waals surface area contributed by atoms with Crippen LogP contribution in [0.15, 0.2) is 60.7 Å². The van der Waals surface area contributed by atoms with Crippen molar-refractivity contribution in [2.45, 2.75) is 59.2 Å². The highest BCUT2D eigenvalue weighted by Gasteiger charge is 2.39. The number of amides is 3. The number of nitrogens with one attached hydrogen (secondary N) is 3. The lowest BCUT2D eigenvalue weighted by atomic mass is 9.84. The maximum absolute atomic E-state index is 13.6. The summed E-state index contributed by atoms with van der Waals surface area (Å²) in [5.74, 6) is -3.27. The van der Waals surface area contributed by atoms with E-state index in [1.54, 1.807) is 0 Å². The molecule has 0 saturated carbocycles. The van der Waals surface area contributed by atoms with Crippen LogP contribution in [-0.2, 0) is 14.4 Å². The number of benzene rings is 2. The molecule has 0 aliphatic carbocycles. The number of rotatable bonds is 10. The third kappa shape index (κ3) is 7.90. The molecule has 3 amide bonds. The van der Waals surface area contributed by atoms with Crippen molar-refractivity contribution in [2.24, 2.45) is 17.3 Å². The van der Waals surface area contributed by atoms with Gasteiger partial charge in [-0.05, 0) is 28.9 Å². The van der Waals surface area contributed by atoms with Crippen molar-refractivity contribution in [3.8, 4) is 0 Å². The Kier molecular flexibility index (Phi) is 9.98. The molecule has 0 saturated heterocycles. The Labute approximate surface area is 207 Å². The number of aliphatic hydroxyl groups excluding tert-OH is 1. The molecule has 0 aliphatic heterocycles. The van der Waals surface area contributed by atoms with Crippen molar-refractivity contribution < 1.29 is 24.7 Å². The highest BCUT2D eigenvalue weighted by Crippen LogP contribution is 2.26. The smallest absolute Gasteiger partial charge is 0.272 e. The Bertz CT molecular complexity index is 934. The summed E-state index contributed by atoms with van der Waals surface area (Å²) in [4.78, 5) is 38.6. The van der Waals surface area contributed by atoms with Crippen molar-refractivity contribution in [1.82, 2.24) is 16.1 Å². The summed E-state index contributed by atoms with van der Waals surface area (Å²) in [6, 6.07) is 17.7. The molecule has 0 fully saturated rings. The number of aliphatic hydroxyl groups is 1. The fourth-order valence-corrected chi connectivity index (χ4v) is 3.94. The van der Waals surface area contributed by atoms with E-state index in [0.717, 1.165) is 11.1 Å². The zero-order valence-corrected chi connectivity index (χ0v) is 21.0. The topological polar surface area (TPSA) is 128 Å². The van der Waals surface area contributed by atoms with Crippen molar-refractivity contribution in [1.29, 1.82) is 0 Å². The van der Waals surface area contributed by atoms with Gasteiger partial charge in [0.05, 0.1) is 12.0 Å². The zero-order chi connectivity index (χ0) is 26.2. The van der Waals surface area contributed by atoms with E-state index in [9.17, 15) is 19.5 Å². The number of carbonyl (C=O) groups is 3. The molecule has 0 bridgehead atoms. The molecule has 0 unspecified atom stereocenters. The van der Waals surface area contributed by atoms with Gasteiger partial charge in [-0.1, -0.05) is 95.3 Å². The van der Waals surface area contributed by atoms with Crippen LogP contribution in [-0.4, -0.2) is 40.2 Å². The van der Waals surface area contributed by atoms with E-state index in [4.69, 9.17) is 5.21 Å². The Hall–Kier alpha value is -3.23. The molecular weight excluding hydrogens is 446 g/mol. The number of hydroxylamine groups is 1. The zero-order valence-electron chi connectivity index (χ0n) is 21.0. The van der Waals surface area contributed by atoms with Crippen LogP contribution >= 0.6 is 0 Å². The molecule has 0 radical (unpaired) electrons. The lowest BCUT2D eigenvalue weighted by molar-refractivity contribution is -0.147. The second kappa shape index (κ2) is 12.5. The van der Waals surface area contributed by atoms with Gasteiger partial charge in [0.1, 0.15) is 12.1 Å². The van der Waals surface area contributed by atoms with E-state index < -0.39 is 47.2 Å². The van der Waals surface area contributed by atoms with Crippen molar-refractivity contribution in [3.05, 3.63) is 71.8 Å². The average Bonchev–Trinajstić information content (AvgIpc) is 2.83. The van der Waals surface area contributed by atoms with Crippen molar-refractivity contribution in [3.63, 3.8) is 0 Å². The van der Waals surface area contributed by atoms with Crippen LogP contribution in [0.2, 0.25) is 0 Å². The standard InChI is InChI=1S/C27H37N3O5/c1-17(2)16-20(22(31)25(33)30-35)24(32)29-23(27(3,4)5)26(34)28-21(18-12-8-6-9-13-18)19-14-10-7-11-15-19/h6-15,17,20-23,31,35H,16H2,1-5H3,(H,28,34)(H,29,32)(H,30,33)/t20-,22+,23-/m1/s1. The maximum atomic E-state index is 13.6. The van der Waals surface area contributed by atoms with Crippen molar-refractivity contribution in [2.75, 3.05) is 0 Å². The van der Waals surface area contributed by atoms with Gasteiger partial charge in [0, 0.05) is 0 Å². The summed E-state index contributed by atoms with van der Waals surface area (Å²) in [5, 5.41) is 25.1. The molecule has 0 aliphatic rings. The third-order valence-corrected chi connectivity index (χ3v) is 5.79. The van der Waals surface area contributed by atoms with Crippen LogP contribution in [0.5, 0.6) is 0 Å². The second-order valence-electron chi connectivity index (χ2n) is 10.2. The van der Waals surface area contributed by atoms with Gasteiger partial charge in [0.15, 0.2) is 0 Å². The van der Waals surface area contributed by atoms with Gasteiger partial charge in [-0.2, -0.15) is 0 Å². The number of hydrogen-bond donors (Lipinski definition) is 5. The molecular formula is C27H37N3O5. The lowest BCUT2D eigenvalue weighted by Gasteiger charge is -2.34. The molecule has 0 spiro atoms. The van der Waals surface area contributed by atoms with E-state index in [2.05, 4.69) is 10.6 Å². The predicted octanol–water partition coefficient (Wildman–Crippen LogP) is 2.95. The summed E-state index contributed by atoms with van der Waals surface area (Å²) in [7, 11) is 0. The average molecular weight is 484 g/mol. The minimum atomic E-state index is -1.76. The predicted molar refractivity (Wildman–Crippen MR) is 133 cm³/mol. The Morgan fingerprint density at radius 2 is 1.29 bits per heavy atom. The fourth-order valence-electron chi connectivity index (χ4n) is 3.94. The fraction of sp³-hybridized carbons (Fsp3) is 0.444. The van der Waals surface area contributed by atoms with E-state index in [1.807, 2.05) is 95.3 Å². The van der Waals surface area contributed by atoms with Gasteiger partial charge >= 0.3 is 0 Å². The van der Waals surface area contributed by atoms with Crippen LogP contribution in [0.1, 0.15) is 58.2 Å². The SMILES string of the molecule is CC(C)C[C@@H](C(=O)N[C@H](C(=O)NC(c1ccccc1)c1ccccc1)C(C)(C)C)[C@H](O)C(=O)NO. The number of carbonyl (C=O) groups excluding carboxylic acids is 3. The van der Waals surface area contributed by atoms with E-state index in [0.29, 0.717) is 0 Å². The first-order chi connectivity index (χ1) is 16.5. The van der Waals surface area contributed by atoms with E-state index >= 15 is 0 Å². The molecule has 8 nitrogen and oxygen atoms in total. The molecule has 5 N–H and O–H groups in total. The van der Waals surface area contributed by atoms with Crippen LogP contribution in [0.4, 0.5) is 0 Å². The molecule has 2 aromatic rings. The van der Waals surface area contributed by atoms with Gasteiger partial charge in [-0.25, -0.2) is 5.48 Å². The third-order valence-electron chi connectivity index (χ3n) is 5.79. The summed E-state index contributed by atoms with van der Waals surface area (Å²) >= 11 is 0. The van der Waals surface area contributed by atoms with Crippen LogP contribution in [0, 0.1) is 17.3 Å². The van der Waals surface area contributed by atoms with Gasteiger partial charge in [0.25, 0.3) is 5.91 Å². The molecule has 3 atom stereocenters. The largest absolute Gasteiger partial charge is 0.382 e. The molecule has 0 aromatic heterocycles. The summed E-state index contributed by atoms with van der Waals surface area (Å²) in [5.41, 5.74) is 2.49.